The summed E-state index contributed by atoms with van der Waals surface area (Å²) in [5, 5.41) is 24.3. The third kappa shape index (κ3) is 5.08. The number of phenols is 1. The number of nitrogens with zero attached hydrogens (tertiary/aromatic N) is 3. The van der Waals surface area contributed by atoms with Crippen LogP contribution in [0.4, 0.5) is 17.1 Å². The average molecular weight is 778 g/mol. The lowest BCUT2D eigenvalue weighted by molar-refractivity contribution is -0.384. The number of amides is 4. The number of nitro benzene ring substituents is 1. The number of hydrazine groups is 1. The number of halogens is 1. The first-order valence-corrected chi connectivity index (χ1v) is 17.9. The molecule has 13 heteroatoms. The minimum atomic E-state index is -1.59. The number of allylic oxidation sites excluding steroid dienone is 2. The van der Waals surface area contributed by atoms with E-state index in [1.165, 1.54) is 31.4 Å². The summed E-state index contributed by atoms with van der Waals surface area (Å²) < 4.78 is 6.12. The predicted molar refractivity (Wildman–Crippen MR) is 197 cm³/mol. The molecule has 4 aliphatic rings. The van der Waals surface area contributed by atoms with Gasteiger partial charge in [-0.3, -0.25) is 39.6 Å². The van der Waals surface area contributed by atoms with E-state index >= 15 is 4.79 Å². The van der Waals surface area contributed by atoms with Gasteiger partial charge >= 0.3 is 0 Å². The number of carbonyl (C=O) groups is 4. The minimum absolute atomic E-state index is 0.0636. The number of methoxy groups -OCH3 is 1. The van der Waals surface area contributed by atoms with Crippen LogP contribution in [0.3, 0.4) is 0 Å². The molecule has 2 heterocycles. The van der Waals surface area contributed by atoms with Gasteiger partial charge in [0.2, 0.25) is 11.8 Å². The van der Waals surface area contributed by atoms with Crippen LogP contribution in [0.2, 0.25) is 0 Å². The highest BCUT2D eigenvalue weighted by Gasteiger charge is 2.70. The molecular formula is C40H33BrN4O8. The molecule has 2 saturated heterocycles. The topological polar surface area (TPSA) is 159 Å². The van der Waals surface area contributed by atoms with Gasteiger partial charge in [-0.05, 0) is 67.6 Å². The molecule has 53 heavy (non-hydrogen) atoms. The van der Waals surface area contributed by atoms with Crippen LogP contribution in [0.1, 0.15) is 35.4 Å². The number of phenolic OH excluding ortho intramolecular Hbond substituents is 1. The molecule has 0 spiro atoms. The van der Waals surface area contributed by atoms with Crippen LogP contribution >= 0.6 is 15.9 Å². The Balaban J connectivity index is 1.32. The van der Waals surface area contributed by atoms with Gasteiger partial charge in [0, 0.05) is 28.1 Å². The Bertz CT molecular complexity index is 2240. The van der Waals surface area contributed by atoms with E-state index in [4.69, 9.17) is 4.74 Å². The molecule has 4 amide bonds. The van der Waals surface area contributed by atoms with E-state index in [1.807, 2.05) is 31.2 Å². The highest BCUT2D eigenvalue weighted by Crippen LogP contribution is 2.65. The van der Waals surface area contributed by atoms with Gasteiger partial charge in [0.1, 0.15) is 0 Å². The van der Waals surface area contributed by atoms with Gasteiger partial charge in [0.05, 0.1) is 46.6 Å². The van der Waals surface area contributed by atoms with Crippen molar-refractivity contribution < 1.29 is 33.9 Å². The van der Waals surface area contributed by atoms with Crippen LogP contribution in [-0.4, -0.2) is 45.8 Å². The fourth-order valence-electron chi connectivity index (χ4n) is 9.04. The number of nitrogens with one attached hydrogen (secondary N) is 1. The Morgan fingerprint density at radius 3 is 2.28 bits per heavy atom. The third-order valence-corrected chi connectivity index (χ3v) is 11.8. The van der Waals surface area contributed by atoms with Crippen molar-refractivity contribution in [3.63, 3.8) is 0 Å². The Morgan fingerprint density at radius 1 is 0.925 bits per heavy atom. The maximum Gasteiger partial charge on any atom is 0.269 e. The largest absolute Gasteiger partial charge is 0.504 e. The summed E-state index contributed by atoms with van der Waals surface area (Å²) >= 11 is 3.56. The molecular weight excluding hydrogens is 744 g/mol. The summed E-state index contributed by atoms with van der Waals surface area (Å²) in [6, 6.07) is 24.9. The van der Waals surface area contributed by atoms with Gasteiger partial charge in [-0.1, -0.05) is 75.6 Å². The summed E-state index contributed by atoms with van der Waals surface area (Å²) in [7, 11) is 1.42. The number of imide groups is 2. The number of aryl methyl sites for hydroxylation is 1. The number of benzene rings is 4. The van der Waals surface area contributed by atoms with Crippen LogP contribution in [0.25, 0.3) is 0 Å². The number of aromatic hydroxyl groups is 1. The van der Waals surface area contributed by atoms with Crippen LogP contribution in [0.5, 0.6) is 11.5 Å². The van der Waals surface area contributed by atoms with E-state index in [0.29, 0.717) is 26.9 Å². The molecule has 2 aliphatic heterocycles. The average Bonchev–Trinajstić information content (AvgIpc) is 3.54. The van der Waals surface area contributed by atoms with Crippen molar-refractivity contribution in [3.8, 4) is 11.5 Å². The first-order chi connectivity index (χ1) is 25.5. The fourth-order valence-corrected chi connectivity index (χ4v) is 9.49. The van der Waals surface area contributed by atoms with Crippen LogP contribution in [-0.2, 0) is 24.6 Å². The van der Waals surface area contributed by atoms with Crippen molar-refractivity contribution in [2.75, 3.05) is 17.4 Å². The Morgan fingerprint density at radius 2 is 1.62 bits per heavy atom. The van der Waals surface area contributed by atoms with Gasteiger partial charge in [-0.2, -0.15) is 5.01 Å². The summed E-state index contributed by atoms with van der Waals surface area (Å²) in [5.74, 6) is -6.37. The number of anilines is 2. The molecule has 4 aromatic carbocycles. The molecule has 4 aromatic rings. The van der Waals surface area contributed by atoms with E-state index in [9.17, 15) is 29.6 Å². The molecule has 268 valence electrons. The third-order valence-electron chi connectivity index (χ3n) is 11.3. The zero-order valence-corrected chi connectivity index (χ0v) is 30.1. The van der Waals surface area contributed by atoms with E-state index in [1.54, 1.807) is 48.5 Å². The first-order valence-electron chi connectivity index (χ1n) is 17.1. The maximum absolute atomic E-state index is 15.3. The van der Waals surface area contributed by atoms with Crippen LogP contribution < -0.4 is 15.1 Å². The maximum atomic E-state index is 15.3. The molecule has 6 atom stereocenters. The normalized spacial score (nSPS) is 26.2. The van der Waals surface area contributed by atoms with Crippen molar-refractivity contribution in [1.29, 1.82) is 0 Å². The second kappa shape index (κ2) is 12.7. The lowest BCUT2D eigenvalue weighted by Gasteiger charge is -2.50. The number of non-ortho nitro benzene ring substituents is 1. The highest BCUT2D eigenvalue weighted by molar-refractivity contribution is 9.10. The molecule has 0 aromatic heterocycles. The number of hydrogen-bond donors (Lipinski definition) is 2. The SMILES string of the molecule is COc1cc(Br)cc([C@H]2C3=CC[C@@H]4C(=O)N(c5ccc([N+](=O)[O-])cc5)C(=O)[C@@H]4[C@@H]3C[C@H]3C(=O)N(Nc4ccc(C)cc4)C(=O)[C@@]23c2ccccc2)c1O. The zero-order valence-electron chi connectivity index (χ0n) is 28.6. The van der Waals surface area contributed by atoms with Crippen molar-refractivity contribution in [2.24, 2.45) is 23.7 Å². The number of carbonyl (C=O) groups excluding carboxylic acids is 4. The number of rotatable bonds is 7. The van der Waals surface area contributed by atoms with Crippen LogP contribution in [0.15, 0.2) is 107 Å². The summed E-state index contributed by atoms with van der Waals surface area (Å²) in [6.07, 6.45) is 2.12. The molecule has 0 bridgehead atoms. The van der Waals surface area contributed by atoms with Gasteiger partial charge in [0.25, 0.3) is 17.5 Å². The monoisotopic (exact) mass is 776 g/mol. The highest BCUT2D eigenvalue weighted by atomic mass is 79.9. The van der Waals surface area contributed by atoms with E-state index < -0.39 is 63.6 Å². The van der Waals surface area contributed by atoms with Crippen molar-refractivity contribution in [1.82, 2.24) is 5.01 Å². The first kappa shape index (κ1) is 34.3. The molecule has 8 rings (SSSR count). The predicted octanol–water partition coefficient (Wildman–Crippen LogP) is 6.57. The lowest BCUT2D eigenvalue weighted by atomic mass is 9.49. The quantitative estimate of drug-likeness (QED) is 0.0917. The van der Waals surface area contributed by atoms with E-state index in [2.05, 4.69) is 21.4 Å². The Labute approximate surface area is 312 Å². The number of fused-ring (bicyclic) bond motifs is 4. The smallest absolute Gasteiger partial charge is 0.269 e. The molecule has 3 fully saturated rings. The molecule has 1 saturated carbocycles. The Kier molecular flexibility index (Phi) is 8.21. The lowest BCUT2D eigenvalue weighted by Crippen LogP contribution is -2.53. The summed E-state index contributed by atoms with van der Waals surface area (Å²) in [4.78, 5) is 70.5. The number of nitro groups is 1. The minimum Gasteiger partial charge on any atom is -0.504 e. The van der Waals surface area contributed by atoms with Crippen LogP contribution in [0, 0.1) is 40.7 Å². The second-order valence-corrected chi connectivity index (χ2v) is 14.8. The standard InChI is InChI=1S/C40H33BrN4O8/c1-21-8-10-24(11-9-21)42-44-37(48)31-20-29-27(16-17-28-33(29)38(49)43(36(28)47)25-12-14-26(15-13-25)45(51)52)34(30-18-23(41)19-32(53-2)35(30)46)40(31,39(44)50)22-6-4-3-5-7-22/h3-16,18-19,28-29,31,33-34,42,46H,17,20H2,1-2H3/t28-,29+,31-,33-,34+,40+/m0/s1. The summed E-state index contributed by atoms with van der Waals surface area (Å²) in [5.41, 5.74) is 4.56. The van der Waals surface area contributed by atoms with Gasteiger partial charge in [-0.25, -0.2) is 0 Å². The Hall–Kier alpha value is -5.82. The molecule has 0 unspecified atom stereocenters. The molecule has 12 nitrogen and oxygen atoms in total. The van der Waals surface area contributed by atoms with Gasteiger partial charge < -0.3 is 9.84 Å². The molecule has 0 radical (unpaired) electrons. The summed E-state index contributed by atoms with van der Waals surface area (Å²) in [6.45, 7) is 1.93. The van der Waals surface area contributed by atoms with Crippen molar-refractivity contribution in [2.45, 2.75) is 31.1 Å². The number of ether oxygens (including phenoxy) is 1. The van der Waals surface area contributed by atoms with Gasteiger partial charge in [0.15, 0.2) is 11.5 Å². The van der Waals surface area contributed by atoms with E-state index in [0.717, 1.165) is 15.5 Å². The zero-order chi connectivity index (χ0) is 37.3. The van der Waals surface area contributed by atoms with E-state index in [-0.39, 0.29) is 35.7 Å². The number of hydrogen-bond acceptors (Lipinski definition) is 9. The van der Waals surface area contributed by atoms with Gasteiger partial charge in [-0.15, -0.1) is 0 Å². The second-order valence-electron chi connectivity index (χ2n) is 13.9. The fraction of sp³-hybridized carbons (Fsp3) is 0.250. The van der Waals surface area contributed by atoms with Crippen molar-refractivity contribution >= 4 is 56.6 Å². The van der Waals surface area contributed by atoms with Crippen molar-refractivity contribution in [3.05, 3.63) is 134 Å². The molecule has 2 aliphatic carbocycles. The molecule has 2 N–H and O–H groups in total.